The third kappa shape index (κ3) is 19.8. The SMILES string of the molecule is C1=CCOCCOCCOc2ccc(nc2)-c2cccc(n2)-c2ccc(cn2)OCCOCCOCC=CCOCCOCCOc2ccc(nc2)-c2cccc(n2)-c2ccc(cn2)OCCOCCOC1. The fourth-order valence-corrected chi connectivity index (χ4v) is 6.54. The van der Waals surface area contributed by atoms with Crippen molar-refractivity contribution in [2.45, 2.75) is 0 Å². The molecule has 13 rings (SSSR count). The summed E-state index contributed by atoms with van der Waals surface area (Å²) in [7, 11) is 0. The highest BCUT2D eigenvalue weighted by atomic mass is 16.6. The van der Waals surface area contributed by atoms with Gasteiger partial charge >= 0.3 is 0 Å². The van der Waals surface area contributed by atoms with Gasteiger partial charge in [0.25, 0.3) is 0 Å². The smallest absolute Gasteiger partial charge is 0.137 e. The van der Waals surface area contributed by atoms with Crippen molar-refractivity contribution in [3.05, 3.63) is 134 Å². The molecule has 0 amide bonds. The van der Waals surface area contributed by atoms with Gasteiger partial charge in [0.2, 0.25) is 0 Å². The van der Waals surface area contributed by atoms with Gasteiger partial charge in [0.15, 0.2) is 0 Å². The lowest BCUT2D eigenvalue weighted by Gasteiger charge is -2.09. The Labute approximate surface area is 420 Å². The van der Waals surface area contributed by atoms with Crippen molar-refractivity contribution in [1.82, 2.24) is 29.9 Å². The molecule has 72 heavy (non-hydrogen) atoms. The first-order valence-electron chi connectivity index (χ1n) is 24.0. The minimum atomic E-state index is 0.383. The fraction of sp³-hybridized carbons (Fsp3) is 0.370. The predicted octanol–water partition coefficient (Wildman–Crippen LogP) is 7.20. The first kappa shape index (κ1) is 53.1. The lowest BCUT2D eigenvalue weighted by atomic mass is 10.2. The summed E-state index contributed by atoms with van der Waals surface area (Å²) in [4.78, 5) is 27.8. The maximum atomic E-state index is 5.81. The van der Waals surface area contributed by atoms with E-state index in [1.807, 2.05) is 109 Å². The summed E-state index contributed by atoms with van der Waals surface area (Å²) < 4.78 is 68.3. The van der Waals surface area contributed by atoms with Crippen LogP contribution in [0.3, 0.4) is 0 Å². The third-order valence-corrected chi connectivity index (χ3v) is 10.2. The van der Waals surface area contributed by atoms with E-state index in [1.54, 1.807) is 24.8 Å². The highest BCUT2D eigenvalue weighted by molar-refractivity contribution is 5.63. The Balaban J connectivity index is 0.811. The Kier molecular flexibility index (Phi) is 23.8. The van der Waals surface area contributed by atoms with Gasteiger partial charge in [0.1, 0.15) is 49.4 Å². The molecule has 0 saturated heterocycles. The molecule has 13 heterocycles. The Hall–Kier alpha value is -6.74. The average molecular weight is 987 g/mol. The number of rotatable bonds is 0. The molecule has 6 aromatic rings. The molecule has 0 aliphatic carbocycles. The zero-order valence-corrected chi connectivity index (χ0v) is 40.4. The largest absolute Gasteiger partial charge is 0.490 e. The van der Waals surface area contributed by atoms with Gasteiger partial charge in [-0.2, -0.15) is 0 Å². The lowest BCUT2D eigenvalue weighted by Crippen LogP contribution is -2.11. The molecule has 0 atom stereocenters. The quantitative estimate of drug-likeness (QED) is 0.139. The number of hydrogen-bond donors (Lipinski definition) is 0. The molecule has 6 aromatic heterocycles. The molecule has 0 fully saturated rings. The Morgan fingerprint density at radius 1 is 0.236 bits per heavy atom. The summed E-state index contributed by atoms with van der Waals surface area (Å²) in [6, 6.07) is 26.5. The van der Waals surface area contributed by atoms with Gasteiger partial charge in [-0.3, -0.25) is 19.9 Å². The second-order valence-corrected chi connectivity index (χ2v) is 15.4. The van der Waals surface area contributed by atoms with E-state index in [0.29, 0.717) is 178 Å². The number of aromatic nitrogens is 6. The molecule has 0 saturated carbocycles. The standard InChI is InChI=1S/C54H62N6O12/c1-2-20-62-24-28-66-32-36-70-44-12-16-48(56-40-44)52-8-6-10-54(60-52)50-18-14-46(42-58-50)72-38-34-68-30-26-64-22-4-3-21-63-25-29-67-33-37-71-45-13-17-49(57-41-45)53-9-5-7-51(59-53)47-15-11-43(39-55-47)69-35-31-65-27-23-61-19-1/h1-18,39-42H,19-38H2. The van der Waals surface area contributed by atoms with Crippen molar-refractivity contribution in [1.29, 1.82) is 0 Å². The van der Waals surface area contributed by atoms with Gasteiger partial charge in [-0.15, -0.1) is 0 Å². The van der Waals surface area contributed by atoms with Crippen LogP contribution in [0.4, 0.5) is 0 Å². The number of pyridine rings is 6. The van der Waals surface area contributed by atoms with Crippen LogP contribution in [0.15, 0.2) is 134 Å². The molecule has 0 N–H and O–H groups in total. The second kappa shape index (κ2) is 32.3. The van der Waals surface area contributed by atoms with E-state index in [-0.39, 0.29) is 0 Å². The van der Waals surface area contributed by atoms with E-state index in [9.17, 15) is 0 Å². The van der Waals surface area contributed by atoms with E-state index in [2.05, 4.69) is 19.9 Å². The number of hydrogen-bond acceptors (Lipinski definition) is 18. The minimum Gasteiger partial charge on any atom is -0.490 e. The van der Waals surface area contributed by atoms with Crippen molar-refractivity contribution >= 4 is 0 Å². The normalized spacial score (nSPS) is 16.8. The van der Waals surface area contributed by atoms with Gasteiger partial charge in [-0.25, -0.2) is 9.97 Å². The maximum absolute atomic E-state index is 5.81. The van der Waals surface area contributed by atoms with E-state index in [1.165, 1.54) is 0 Å². The number of ether oxygens (including phenoxy) is 12. The Morgan fingerprint density at radius 2 is 0.472 bits per heavy atom. The van der Waals surface area contributed by atoms with Gasteiger partial charge in [0, 0.05) is 0 Å². The van der Waals surface area contributed by atoms with E-state index in [4.69, 9.17) is 66.8 Å². The van der Waals surface area contributed by atoms with Gasteiger partial charge < -0.3 is 56.8 Å². The lowest BCUT2D eigenvalue weighted by molar-refractivity contribution is 0.0424. The van der Waals surface area contributed by atoms with Gasteiger partial charge in [0.05, 0.1) is 176 Å². The predicted molar refractivity (Wildman–Crippen MR) is 268 cm³/mol. The molecular formula is C54H62N6O12. The average Bonchev–Trinajstić information content (AvgIpc) is 3.43. The van der Waals surface area contributed by atoms with E-state index < -0.39 is 0 Å². The molecule has 18 heteroatoms. The Morgan fingerprint density at radius 3 is 0.708 bits per heavy atom. The Bertz CT molecular complexity index is 2130. The summed E-state index contributed by atoms with van der Waals surface area (Å²) in [6.45, 7) is 8.74. The fourth-order valence-electron chi connectivity index (χ4n) is 6.54. The molecule has 0 radical (unpaired) electrons. The molecule has 380 valence electrons. The highest BCUT2D eigenvalue weighted by Crippen LogP contribution is 2.25. The van der Waals surface area contributed by atoms with Crippen LogP contribution in [-0.2, 0) is 37.9 Å². The summed E-state index contributed by atoms with van der Waals surface area (Å²) in [6.07, 6.45) is 14.4. The summed E-state index contributed by atoms with van der Waals surface area (Å²) in [5.74, 6) is 2.56. The molecule has 0 spiro atoms. The van der Waals surface area contributed by atoms with Crippen LogP contribution in [0.2, 0.25) is 0 Å². The summed E-state index contributed by atoms with van der Waals surface area (Å²) in [5.41, 5.74) is 5.75. The van der Waals surface area contributed by atoms with Crippen molar-refractivity contribution in [2.24, 2.45) is 0 Å². The van der Waals surface area contributed by atoms with E-state index >= 15 is 0 Å². The van der Waals surface area contributed by atoms with Crippen molar-refractivity contribution in [3.8, 4) is 68.5 Å². The molecule has 0 unspecified atom stereocenters. The van der Waals surface area contributed by atoms with Crippen LogP contribution in [-0.4, -0.2) is 162 Å². The van der Waals surface area contributed by atoms with Crippen LogP contribution in [0.1, 0.15) is 0 Å². The van der Waals surface area contributed by atoms with Crippen LogP contribution >= 0.6 is 0 Å². The second-order valence-electron chi connectivity index (χ2n) is 15.4. The zero-order chi connectivity index (χ0) is 49.4. The molecule has 7 aliphatic heterocycles. The van der Waals surface area contributed by atoms with Crippen LogP contribution < -0.4 is 18.9 Å². The maximum Gasteiger partial charge on any atom is 0.137 e. The molecular weight excluding hydrogens is 925 g/mol. The van der Waals surface area contributed by atoms with Crippen LogP contribution in [0.25, 0.3) is 45.6 Å². The van der Waals surface area contributed by atoms with E-state index in [0.717, 1.165) is 22.8 Å². The molecule has 18 nitrogen and oxygen atoms in total. The van der Waals surface area contributed by atoms with Crippen LogP contribution in [0, 0.1) is 0 Å². The third-order valence-electron chi connectivity index (χ3n) is 10.2. The van der Waals surface area contributed by atoms with Crippen molar-refractivity contribution in [3.63, 3.8) is 0 Å². The molecule has 7 aliphatic rings. The van der Waals surface area contributed by atoms with Crippen molar-refractivity contribution < 1.29 is 56.8 Å². The topological polar surface area (TPSA) is 188 Å². The molecule has 0 aromatic carbocycles. The summed E-state index contributed by atoms with van der Waals surface area (Å²) >= 11 is 0. The number of nitrogens with zero attached hydrogens (tertiary/aromatic N) is 6. The molecule has 12 bridgehead atoms. The summed E-state index contributed by atoms with van der Waals surface area (Å²) in [5, 5.41) is 0. The highest BCUT2D eigenvalue weighted by Gasteiger charge is 2.10. The van der Waals surface area contributed by atoms with Gasteiger partial charge in [-0.05, 0) is 72.8 Å². The minimum absolute atomic E-state index is 0.383. The van der Waals surface area contributed by atoms with Crippen molar-refractivity contribution in [2.75, 3.05) is 132 Å². The first-order chi connectivity index (χ1) is 35.8. The van der Waals surface area contributed by atoms with Crippen LogP contribution in [0.5, 0.6) is 23.0 Å². The van der Waals surface area contributed by atoms with Gasteiger partial charge in [-0.1, -0.05) is 36.4 Å². The zero-order valence-electron chi connectivity index (χ0n) is 40.4. The monoisotopic (exact) mass is 986 g/mol. The first-order valence-corrected chi connectivity index (χ1v) is 24.0.